The molecule has 2 rings (SSSR count). The number of hydrogen-bond donors (Lipinski definition) is 1. The maximum Gasteiger partial charge on any atom is 0.363 e. The highest BCUT2D eigenvalue weighted by atomic mass is 16.6. The van der Waals surface area contributed by atoms with Gasteiger partial charge < -0.3 is 14.4 Å². The van der Waals surface area contributed by atoms with Gasteiger partial charge in [0.25, 0.3) is 0 Å². The van der Waals surface area contributed by atoms with Crippen molar-refractivity contribution in [3.05, 3.63) is 23.3 Å². The molecule has 0 amide bonds. The third kappa shape index (κ3) is 2.03. The van der Waals surface area contributed by atoms with Gasteiger partial charge in [-0.05, 0) is 13.3 Å². The molecule has 0 bridgehead atoms. The zero-order valence-electron chi connectivity index (χ0n) is 9.38. The van der Waals surface area contributed by atoms with Crippen LogP contribution in [-0.4, -0.2) is 22.3 Å². The summed E-state index contributed by atoms with van der Waals surface area (Å²) in [6.45, 7) is 3.52. The molecule has 0 radical (unpaired) electrons. The van der Waals surface area contributed by atoms with E-state index in [1.165, 1.54) is 6.26 Å². The molecule has 1 atom stereocenters. The van der Waals surface area contributed by atoms with Gasteiger partial charge >= 0.3 is 5.97 Å². The van der Waals surface area contributed by atoms with Gasteiger partial charge in [0, 0.05) is 5.56 Å². The van der Waals surface area contributed by atoms with Crippen LogP contribution in [-0.2, 0) is 9.53 Å². The molecule has 0 aromatic carbocycles. The van der Waals surface area contributed by atoms with Crippen molar-refractivity contribution >= 4 is 11.8 Å². The van der Waals surface area contributed by atoms with Crippen molar-refractivity contribution in [2.75, 3.05) is 0 Å². The van der Waals surface area contributed by atoms with E-state index in [9.17, 15) is 9.90 Å². The van der Waals surface area contributed by atoms with Crippen LogP contribution in [0.3, 0.4) is 0 Å². The summed E-state index contributed by atoms with van der Waals surface area (Å²) < 4.78 is 9.53. The topological polar surface area (TPSA) is 97.3 Å². The van der Waals surface area contributed by atoms with Crippen molar-refractivity contribution in [2.24, 2.45) is 10.2 Å². The highest BCUT2D eigenvalue weighted by molar-refractivity contribution is 5.91. The molecule has 17 heavy (non-hydrogen) atoms. The fourth-order valence-electron chi connectivity index (χ4n) is 1.34. The Hall–Kier alpha value is -2.18. The van der Waals surface area contributed by atoms with Crippen LogP contribution in [0.5, 0.6) is 0 Å². The Morgan fingerprint density at radius 2 is 2.29 bits per heavy atom. The molecule has 1 N–H and O–H groups in total. The number of carbonyl (C=O) groups excluding carboxylic acids is 1. The Bertz CT molecular complexity index is 503. The minimum absolute atomic E-state index is 0.181. The second-order valence-corrected chi connectivity index (χ2v) is 3.56. The fourth-order valence-corrected chi connectivity index (χ4v) is 1.34. The van der Waals surface area contributed by atoms with E-state index in [4.69, 9.17) is 4.74 Å². The van der Waals surface area contributed by atoms with E-state index in [-0.39, 0.29) is 17.3 Å². The van der Waals surface area contributed by atoms with E-state index in [1.54, 1.807) is 13.8 Å². The summed E-state index contributed by atoms with van der Waals surface area (Å²) in [6, 6.07) is 0. The van der Waals surface area contributed by atoms with Crippen molar-refractivity contribution in [3.8, 4) is 0 Å². The Labute approximate surface area is 96.8 Å². The molecule has 90 valence electrons. The number of aliphatic hydroxyl groups excluding tert-OH is 1. The number of carbonyl (C=O) groups is 1. The number of azo groups is 1. The zero-order valence-corrected chi connectivity index (χ0v) is 9.38. The molecular formula is C10H11N3O4. The van der Waals surface area contributed by atoms with Crippen LogP contribution >= 0.6 is 0 Å². The van der Waals surface area contributed by atoms with Gasteiger partial charge in [0.15, 0.2) is 11.9 Å². The lowest BCUT2D eigenvalue weighted by Crippen LogP contribution is -2.09. The van der Waals surface area contributed by atoms with Gasteiger partial charge in [-0.25, -0.2) is 4.79 Å². The Morgan fingerprint density at radius 1 is 1.53 bits per heavy atom. The number of rotatable bonds is 3. The smallest absolute Gasteiger partial charge is 0.363 e. The molecule has 1 aromatic rings. The molecule has 1 aliphatic heterocycles. The van der Waals surface area contributed by atoms with E-state index >= 15 is 0 Å². The van der Waals surface area contributed by atoms with Crippen LogP contribution in [0.4, 0.5) is 5.82 Å². The molecule has 7 nitrogen and oxygen atoms in total. The summed E-state index contributed by atoms with van der Waals surface area (Å²) in [5.41, 5.74) is 0.506. The molecule has 0 fully saturated rings. The first kappa shape index (κ1) is 11.3. The summed E-state index contributed by atoms with van der Waals surface area (Å²) in [4.78, 5) is 11.4. The first-order valence-electron chi connectivity index (χ1n) is 5.10. The minimum Gasteiger partial charge on any atom is -0.506 e. The number of aliphatic hydroxyl groups is 1. The molecule has 1 aliphatic rings. The molecule has 0 aliphatic carbocycles. The lowest BCUT2D eigenvalue weighted by molar-refractivity contribution is -0.140. The van der Waals surface area contributed by atoms with Crippen molar-refractivity contribution in [3.63, 3.8) is 0 Å². The molecule has 0 spiro atoms. The SMILES string of the molecule is CCC1OC(=O)C(N=Nc2nocc2C)=C1O. The van der Waals surface area contributed by atoms with Crippen LogP contribution in [0.1, 0.15) is 18.9 Å². The first-order valence-corrected chi connectivity index (χ1v) is 5.10. The van der Waals surface area contributed by atoms with E-state index in [0.29, 0.717) is 12.0 Å². The number of aromatic nitrogens is 1. The fraction of sp³-hybridized carbons (Fsp3) is 0.400. The van der Waals surface area contributed by atoms with Crippen LogP contribution in [0.15, 0.2) is 32.5 Å². The summed E-state index contributed by atoms with van der Waals surface area (Å²) in [5, 5.41) is 20.6. The van der Waals surface area contributed by atoms with E-state index in [1.807, 2.05) is 0 Å². The van der Waals surface area contributed by atoms with Gasteiger partial charge in [0.2, 0.25) is 11.5 Å². The zero-order chi connectivity index (χ0) is 12.4. The standard InChI is InChI=1S/C10H11N3O4/c1-3-6-8(14)7(10(15)17-6)11-12-9-5(2)4-16-13-9/h4,6,14H,3H2,1-2H3. The summed E-state index contributed by atoms with van der Waals surface area (Å²) >= 11 is 0. The van der Waals surface area contributed by atoms with E-state index in [2.05, 4.69) is 19.9 Å². The van der Waals surface area contributed by atoms with Crippen LogP contribution in [0, 0.1) is 6.92 Å². The lowest BCUT2D eigenvalue weighted by atomic mass is 10.2. The van der Waals surface area contributed by atoms with Gasteiger partial charge in [-0.1, -0.05) is 12.1 Å². The van der Waals surface area contributed by atoms with Crippen molar-refractivity contribution in [1.82, 2.24) is 5.16 Å². The third-order valence-corrected chi connectivity index (χ3v) is 2.33. The summed E-state index contributed by atoms with van der Waals surface area (Å²) in [7, 11) is 0. The minimum atomic E-state index is -0.681. The molecule has 0 saturated heterocycles. The number of ether oxygens (including phenoxy) is 1. The second kappa shape index (κ2) is 4.36. The average molecular weight is 237 g/mol. The predicted molar refractivity (Wildman–Crippen MR) is 55.6 cm³/mol. The van der Waals surface area contributed by atoms with Crippen molar-refractivity contribution in [1.29, 1.82) is 0 Å². The number of hydrogen-bond acceptors (Lipinski definition) is 7. The highest BCUT2D eigenvalue weighted by Gasteiger charge is 2.33. The van der Waals surface area contributed by atoms with Crippen molar-refractivity contribution < 1.29 is 19.2 Å². The number of cyclic esters (lactones) is 1. The average Bonchev–Trinajstić information content (AvgIpc) is 2.82. The molecule has 1 unspecified atom stereocenters. The number of nitrogens with zero attached hydrogens (tertiary/aromatic N) is 3. The first-order chi connectivity index (χ1) is 8.13. The monoisotopic (exact) mass is 237 g/mol. The van der Waals surface area contributed by atoms with Crippen LogP contribution in [0.25, 0.3) is 0 Å². The van der Waals surface area contributed by atoms with E-state index in [0.717, 1.165) is 0 Å². The predicted octanol–water partition coefficient (Wildman–Crippen LogP) is 2.17. The molecule has 0 saturated carbocycles. The maximum atomic E-state index is 11.4. The Morgan fingerprint density at radius 3 is 2.82 bits per heavy atom. The molecular weight excluding hydrogens is 226 g/mol. The Balaban J connectivity index is 2.24. The van der Waals surface area contributed by atoms with Gasteiger partial charge in [0.1, 0.15) is 6.26 Å². The third-order valence-electron chi connectivity index (χ3n) is 2.33. The molecule has 1 aromatic heterocycles. The molecule has 7 heteroatoms. The highest BCUT2D eigenvalue weighted by Crippen LogP contribution is 2.25. The summed E-state index contributed by atoms with van der Waals surface area (Å²) in [5.74, 6) is -0.611. The second-order valence-electron chi connectivity index (χ2n) is 3.56. The molecule has 2 heterocycles. The lowest BCUT2D eigenvalue weighted by Gasteiger charge is -2.04. The van der Waals surface area contributed by atoms with Gasteiger partial charge in [-0.2, -0.15) is 0 Å². The Kier molecular flexibility index (Phi) is 2.90. The number of aryl methyl sites for hydroxylation is 1. The van der Waals surface area contributed by atoms with Gasteiger partial charge in [-0.15, -0.1) is 10.2 Å². The van der Waals surface area contributed by atoms with Crippen LogP contribution < -0.4 is 0 Å². The largest absolute Gasteiger partial charge is 0.506 e. The quantitative estimate of drug-likeness (QED) is 0.641. The normalized spacial score (nSPS) is 20.4. The summed E-state index contributed by atoms with van der Waals surface area (Å²) in [6.07, 6.45) is 1.26. The van der Waals surface area contributed by atoms with Gasteiger partial charge in [0.05, 0.1) is 0 Å². The van der Waals surface area contributed by atoms with Crippen LogP contribution in [0.2, 0.25) is 0 Å². The van der Waals surface area contributed by atoms with E-state index < -0.39 is 12.1 Å². The number of esters is 1. The maximum absolute atomic E-state index is 11.4. The van der Waals surface area contributed by atoms with Crippen molar-refractivity contribution in [2.45, 2.75) is 26.4 Å². The van der Waals surface area contributed by atoms with Gasteiger partial charge in [-0.3, -0.25) is 0 Å².